The molecule has 3 heterocycles. The standard InChI is InChI=1S/C17H18N6O/c18-16(24)12-5-4-6-13(11-12)17-20-19-14-7-8-15(21-23(14)17)22-9-2-1-3-10-22/h4-8,11H,1-3,9-10H2,(H2,18,24). The van der Waals surface area contributed by atoms with Crippen LogP contribution in [0.1, 0.15) is 29.6 Å². The Hall–Kier alpha value is -2.96. The topological polar surface area (TPSA) is 89.4 Å². The summed E-state index contributed by atoms with van der Waals surface area (Å²) >= 11 is 0. The molecule has 0 radical (unpaired) electrons. The summed E-state index contributed by atoms with van der Waals surface area (Å²) in [4.78, 5) is 13.7. The van der Waals surface area contributed by atoms with Crippen LogP contribution in [0.5, 0.6) is 0 Å². The number of carbonyl (C=O) groups is 1. The Labute approximate surface area is 139 Å². The molecule has 1 aliphatic heterocycles. The van der Waals surface area contributed by atoms with Gasteiger partial charge < -0.3 is 10.6 Å². The van der Waals surface area contributed by atoms with Crippen molar-refractivity contribution in [2.45, 2.75) is 19.3 Å². The molecule has 0 saturated carbocycles. The minimum atomic E-state index is -0.465. The molecule has 0 bridgehead atoms. The Morgan fingerprint density at radius 3 is 2.67 bits per heavy atom. The minimum Gasteiger partial charge on any atom is -0.366 e. The van der Waals surface area contributed by atoms with Crippen LogP contribution in [-0.2, 0) is 0 Å². The van der Waals surface area contributed by atoms with E-state index < -0.39 is 5.91 Å². The minimum absolute atomic E-state index is 0.441. The molecule has 7 heteroatoms. The SMILES string of the molecule is NC(=O)c1cccc(-c2nnc3ccc(N4CCCCC4)nn23)c1. The fourth-order valence-corrected chi connectivity index (χ4v) is 3.06. The molecule has 1 aliphatic rings. The first kappa shape index (κ1) is 14.6. The van der Waals surface area contributed by atoms with Gasteiger partial charge in [0.2, 0.25) is 5.91 Å². The first-order valence-electron chi connectivity index (χ1n) is 8.10. The van der Waals surface area contributed by atoms with Crippen LogP contribution in [0.15, 0.2) is 36.4 Å². The number of hydrogen-bond donors (Lipinski definition) is 1. The summed E-state index contributed by atoms with van der Waals surface area (Å²) < 4.78 is 1.73. The summed E-state index contributed by atoms with van der Waals surface area (Å²) in [7, 11) is 0. The Morgan fingerprint density at radius 1 is 1.04 bits per heavy atom. The molecular weight excluding hydrogens is 304 g/mol. The van der Waals surface area contributed by atoms with Crippen LogP contribution in [0.2, 0.25) is 0 Å². The molecule has 2 N–H and O–H groups in total. The number of fused-ring (bicyclic) bond motifs is 1. The molecule has 1 aromatic carbocycles. The van der Waals surface area contributed by atoms with Crippen molar-refractivity contribution < 1.29 is 4.79 Å². The first-order chi connectivity index (χ1) is 11.7. The Kier molecular flexibility index (Phi) is 3.60. The highest BCUT2D eigenvalue weighted by molar-refractivity contribution is 5.93. The lowest BCUT2D eigenvalue weighted by molar-refractivity contribution is 0.100. The van der Waals surface area contributed by atoms with Crippen LogP contribution < -0.4 is 10.6 Å². The fraction of sp³-hybridized carbons (Fsp3) is 0.294. The maximum Gasteiger partial charge on any atom is 0.248 e. The van der Waals surface area contributed by atoms with E-state index in [1.165, 1.54) is 19.3 Å². The third kappa shape index (κ3) is 2.58. The molecule has 7 nitrogen and oxygen atoms in total. The lowest BCUT2D eigenvalue weighted by atomic mass is 10.1. The van der Waals surface area contributed by atoms with Crippen molar-refractivity contribution in [3.63, 3.8) is 0 Å². The maximum atomic E-state index is 11.4. The molecule has 1 saturated heterocycles. The van der Waals surface area contributed by atoms with Crippen molar-refractivity contribution in [2.24, 2.45) is 5.73 Å². The molecule has 2 aromatic heterocycles. The smallest absolute Gasteiger partial charge is 0.248 e. The summed E-state index contributed by atoms with van der Waals surface area (Å²) in [5, 5.41) is 13.1. The lowest BCUT2D eigenvalue weighted by Gasteiger charge is -2.27. The second-order valence-electron chi connectivity index (χ2n) is 5.98. The molecule has 0 atom stereocenters. The van der Waals surface area contributed by atoms with Gasteiger partial charge in [0.05, 0.1) is 0 Å². The van der Waals surface area contributed by atoms with Gasteiger partial charge in [-0.2, -0.15) is 4.52 Å². The molecule has 0 unspecified atom stereocenters. The number of rotatable bonds is 3. The second-order valence-corrected chi connectivity index (χ2v) is 5.98. The van der Waals surface area contributed by atoms with E-state index in [0.29, 0.717) is 17.0 Å². The van der Waals surface area contributed by atoms with E-state index in [4.69, 9.17) is 10.8 Å². The quantitative estimate of drug-likeness (QED) is 0.795. The zero-order chi connectivity index (χ0) is 16.5. The van der Waals surface area contributed by atoms with Crippen LogP contribution in [-0.4, -0.2) is 38.8 Å². The van der Waals surface area contributed by atoms with Crippen LogP contribution in [0.25, 0.3) is 17.0 Å². The number of nitrogens with zero attached hydrogens (tertiary/aromatic N) is 5. The van der Waals surface area contributed by atoms with Gasteiger partial charge in [0.1, 0.15) is 5.82 Å². The summed E-state index contributed by atoms with van der Waals surface area (Å²) in [6, 6.07) is 11.0. The molecule has 1 fully saturated rings. The fourth-order valence-electron chi connectivity index (χ4n) is 3.06. The molecule has 122 valence electrons. The molecule has 0 spiro atoms. The van der Waals surface area contributed by atoms with Gasteiger partial charge in [0.15, 0.2) is 11.5 Å². The van der Waals surface area contributed by atoms with Crippen molar-refractivity contribution in [1.29, 1.82) is 0 Å². The number of piperidine rings is 1. The van der Waals surface area contributed by atoms with E-state index in [1.807, 2.05) is 18.2 Å². The van der Waals surface area contributed by atoms with Gasteiger partial charge in [-0.05, 0) is 43.5 Å². The third-order valence-electron chi connectivity index (χ3n) is 4.33. The summed E-state index contributed by atoms with van der Waals surface area (Å²) in [5.74, 6) is 1.06. The third-order valence-corrected chi connectivity index (χ3v) is 4.33. The van der Waals surface area contributed by atoms with Gasteiger partial charge in [-0.1, -0.05) is 12.1 Å². The van der Waals surface area contributed by atoms with Crippen molar-refractivity contribution in [1.82, 2.24) is 19.8 Å². The number of amides is 1. The molecule has 3 aromatic rings. The van der Waals surface area contributed by atoms with Gasteiger partial charge in [-0.25, -0.2) is 0 Å². The van der Waals surface area contributed by atoms with E-state index in [2.05, 4.69) is 15.1 Å². The number of hydrogen-bond acceptors (Lipinski definition) is 5. The van der Waals surface area contributed by atoms with Crippen LogP contribution in [0.4, 0.5) is 5.82 Å². The number of carbonyl (C=O) groups excluding carboxylic acids is 1. The van der Waals surface area contributed by atoms with Gasteiger partial charge in [0, 0.05) is 24.2 Å². The van der Waals surface area contributed by atoms with E-state index in [1.54, 1.807) is 22.7 Å². The van der Waals surface area contributed by atoms with Gasteiger partial charge in [0.25, 0.3) is 0 Å². The van der Waals surface area contributed by atoms with Crippen molar-refractivity contribution in [2.75, 3.05) is 18.0 Å². The maximum absolute atomic E-state index is 11.4. The second kappa shape index (κ2) is 5.92. The van der Waals surface area contributed by atoms with Gasteiger partial charge in [-0.3, -0.25) is 4.79 Å². The zero-order valence-corrected chi connectivity index (χ0v) is 13.2. The summed E-state index contributed by atoms with van der Waals surface area (Å²) in [5.41, 5.74) is 7.25. The number of nitrogens with two attached hydrogens (primary N) is 1. The highest BCUT2D eigenvalue weighted by Crippen LogP contribution is 2.22. The number of primary amides is 1. The van der Waals surface area contributed by atoms with Gasteiger partial charge >= 0.3 is 0 Å². The summed E-state index contributed by atoms with van der Waals surface area (Å²) in [6.07, 6.45) is 3.65. The predicted octanol–water partition coefficient (Wildman–Crippen LogP) is 1.88. The molecular formula is C17H18N6O. The zero-order valence-electron chi connectivity index (χ0n) is 13.2. The normalized spacial score (nSPS) is 14.9. The molecule has 4 rings (SSSR count). The van der Waals surface area contributed by atoms with Crippen molar-refractivity contribution in [3.8, 4) is 11.4 Å². The predicted molar refractivity (Wildman–Crippen MR) is 90.8 cm³/mol. The molecule has 0 aliphatic carbocycles. The lowest BCUT2D eigenvalue weighted by Crippen LogP contribution is -2.30. The van der Waals surface area contributed by atoms with E-state index in [0.717, 1.165) is 24.5 Å². The number of benzene rings is 1. The van der Waals surface area contributed by atoms with Crippen LogP contribution in [0, 0.1) is 0 Å². The van der Waals surface area contributed by atoms with E-state index in [9.17, 15) is 4.79 Å². The Bertz CT molecular complexity index is 897. The Balaban J connectivity index is 1.78. The molecule has 24 heavy (non-hydrogen) atoms. The highest BCUT2D eigenvalue weighted by atomic mass is 16.1. The highest BCUT2D eigenvalue weighted by Gasteiger charge is 2.16. The van der Waals surface area contributed by atoms with Crippen LogP contribution >= 0.6 is 0 Å². The average molecular weight is 322 g/mol. The number of anilines is 1. The summed E-state index contributed by atoms with van der Waals surface area (Å²) in [6.45, 7) is 2.04. The Morgan fingerprint density at radius 2 is 1.88 bits per heavy atom. The first-order valence-corrected chi connectivity index (χ1v) is 8.10. The van der Waals surface area contributed by atoms with Crippen molar-refractivity contribution >= 4 is 17.4 Å². The number of aromatic nitrogens is 4. The monoisotopic (exact) mass is 322 g/mol. The van der Waals surface area contributed by atoms with E-state index >= 15 is 0 Å². The van der Waals surface area contributed by atoms with Crippen LogP contribution in [0.3, 0.4) is 0 Å². The van der Waals surface area contributed by atoms with Gasteiger partial charge in [-0.15, -0.1) is 15.3 Å². The average Bonchev–Trinajstić information content (AvgIpc) is 3.05. The van der Waals surface area contributed by atoms with Crippen molar-refractivity contribution in [3.05, 3.63) is 42.0 Å². The largest absolute Gasteiger partial charge is 0.366 e. The molecule has 1 amide bonds. The van der Waals surface area contributed by atoms with E-state index in [-0.39, 0.29) is 0 Å².